The number of thioether (sulfide) groups is 1. The Bertz CT molecular complexity index is 692. The molecule has 0 aliphatic heterocycles. The van der Waals surface area contributed by atoms with Crippen molar-refractivity contribution in [2.24, 2.45) is 0 Å². The summed E-state index contributed by atoms with van der Waals surface area (Å²) in [6.07, 6.45) is 0.739. The SMILES string of the molecule is C[C@@H](Sc1ccc(Cl)cc1)C(=O)OCC(=O)NCCc1ccccc1. The number of carbonyl (C=O) groups is 2. The molecule has 2 aromatic carbocycles. The van der Waals surface area contributed by atoms with Crippen LogP contribution in [0, 0.1) is 0 Å². The molecule has 0 aliphatic carbocycles. The molecule has 4 nitrogen and oxygen atoms in total. The predicted molar refractivity (Wildman–Crippen MR) is 101 cm³/mol. The largest absolute Gasteiger partial charge is 0.455 e. The molecule has 1 atom stereocenters. The molecule has 2 aromatic rings. The van der Waals surface area contributed by atoms with Crippen LogP contribution >= 0.6 is 23.4 Å². The van der Waals surface area contributed by atoms with Crippen LogP contribution in [0.15, 0.2) is 59.5 Å². The van der Waals surface area contributed by atoms with Crippen molar-refractivity contribution in [2.45, 2.75) is 23.5 Å². The van der Waals surface area contributed by atoms with Gasteiger partial charge in [-0.1, -0.05) is 41.9 Å². The van der Waals surface area contributed by atoms with Gasteiger partial charge in [-0.25, -0.2) is 0 Å². The molecule has 0 radical (unpaired) electrons. The van der Waals surface area contributed by atoms with E-state index in [-0.39, 0.29) is 12.5 Å². The fourth-order valence-electron chi connectivity index (χ4n) is 2.06. The Kier molecular flexibility index (Phi) is 7.82. The summed E-state index contributed by atoms with van der Waals surface area (Å²) in [4.78, 5) is 24.6. The van der Waals surface area contributed by atoms with E-state index in [0.29, 0.717) is 11.6 Å². The molecule has 0 fully saturated rings. The van der Waals surface area contributed by atoms with E-state index in [9.17, 15) is 9.59 Å². The standard InChI is InChI=1S/C19H20ClNO3S/c1-14(25-17-9-7-16(20)8-10-17)19(23)24-13-18(22)21-12-11-15-5-3-2-4-6-15/h2-10,14H,11-13H2,1H3,(H,21,22)/t14-/m1/s1. The number of amides is 1. The predicted octanol–water partition coefficient (Wildman–Crippen LogP) is 3.72. The number of hydrogen-bond acceptors (Lipinski definition) is 4. The molecular weight excluding hydrogens is 358 g/mol. The van der Waals surface area contributed by atoms with Gasteiger partial charge in [0.1, 0.15) is 5.25 Å². The fourth-order valence-corrected chi connectivity index (χ4v) is 3.05. The van der Waals surface area contributed by atoms with Crippen LogP contribution in [0.5, 0.6) is 0 Å². The molecule has 0 heterocycles. The second-order valence-electron chi connectivity index (χ2n) is 5.41. The summed E-state index contributed by atoms with van der Waals surface area (Å²) >= 11 is 7.19. The average molecular weight is 378 g/mol. The number of nitrogens with one attached hydrogen (secondary N) is 1. The molecule has 0 aromatic heterocycles. The van der Waals surface area contributed by atoms with Crippen molar-refractivity contribution in [1.29, 1.82) is 0 Å². The van der Waals surface area contributed by atoms with Crippen molar-refractivity contribution in [1.82, 2.24) is 5.32 Å². The van der Waals surface area contributed by atoms with Crippen LogP contribution in [-0.4, -0.2) is 30.3 Å². The van der Waals surface area contributed by atoms with Gasteiger partial charge in [-0.15, -0.1) is 11.8 Å². The van der Waals surface area contributed by atoms with Crippen LogP contribution < -0.4 is 5.32 Å². The molecule has 0 saturated carbocycles. The maximum Gasteiger partial charge on any atom is 0.319 e. The van der Waals surface area contributed by atoms with Crippen LogP contribution in [0.4, 0.5) is 0 Å². The maximum absolute atomic E-state index is 12.0. The van der Waals surface area contributed by atoms with Gasteiger partial charge in [0.2, 0.25) is 0 Å². The van der Waals surface area contributed by atoms with Crippen molar-refractivity contribution in [3.8, 4) is 0 Å². The minimum atomic E-state index is -0.418. The number of ether oxygens (including phenoxy) is 1. The van der Waals surface area contributed by atoms with E-state index in [1.165, 1.54) is 11.8 Å². The van der Waals surface area contributed by atoms with E-state index in [4.69, 9.17) is 16.3 Å². The zero-order chi connectivity index (χ0) is 18.1. The molecule has 25 heavy (non-hydrogen) atoms. The highest BCUT2D eigenvalue weighted by Crippen LogP contribution is 2.25. The third-order valence-corrected chi connectivity index (χ3v) is 4.72. The Balaban J connectivity index is 1.66. The first-order valence-electron chi connectivity index (χ1n) is 7.94. The van der Waals surface area contributed by atoms with Crippen molar-refractivity contribution in [2.75, 3.05) is 13.2 Å². The molecule has 1 amide bonds. The molecule has 0 spiro atoms. The van der Waals surface area contributed by atoms with Crippen LogP contribution in [0.25, 0.3) is 0 Å². The van der Waals surface area contributed by atoms with E-state index in [1.807, 2.05) is 42.5 Å². The van der Waals surface area contributed by atoms with Crippen molar-refractivity contribution in [3.63, 3.8) is 0 Å². The second-order valence-corrected chi connectivity index (χ2v) is 7.26. The summed E-state index contributed by atoms with van der Waals surface area (Å²) in [6.45, 7) is 1.99. The molecule has 0 aliphatic rings. The quantitative estimate of drug-likeness (QED) is 0.562. The first-order valence-corrected chi connectivity index (χ1v) is 9.20. The zero-order valence-electron chi connectivity index (χ0n) is 13.9. The first kappa shape index (κ1) is 19.3. The fraction of sp³-hybridized carbons (Fsp3) is 0.263. The third kappa shape index (κ3) is 7.20. The maximum atomic E-state index is 12.0. The summed E-state index contributed by atoms with van der Waals surface area (Å²) in [5.74, 6) is -0.717. The minimum absolute atomic E-state index is 0.265. The van der Waals surface area contributed by atoms with Gasteiger partial charge in [-0.05, 0) is 43.2 Å². The van der Waals surface area contributed by atoms with Crippen molar-refractivity contribution in [3.05, 3.63) is 65.2 Å². The number of esters is 1. The van der Waals surface area contributed by atoms with Crippen LogP contribution in [-0.2, 0) is 20.7 Å². The van der Waals surface area contributed by atoms with Crippen LogP contribution in [0.3, 0.4) is 0 Å². The summed E-state index contributed by atoms with van der Waals surface area (Å²) < 4.78 is 5.07. The molecule has 2 rings (SSSR count). The highest BCUT2D eigenvalue weighted by Gasteiger charge is 2.17. The van der Waals surface area contributed by atoms with Crippen LogP contribution in [0.2, 0.25) is 5.02 Å². The third-order valence-electron chi connectivity index (χ3n) is 3.38. The lowest BCUT2D eigenvalue weighted by Gasteiger charge is -2.11. The molecule has 0 bridgehead atoms. The Hall–Kier alpha value is -1.98. The van der Waals surface area contributed by atoms with Gasteiger partial charge in [0, 0.05) is 16.5 Å². The lowest BCUT2D eigenvalue weighted by atomic mass is 10.1. The van der Waals surface area contributed by atoms with Gasteiger partial charge in [-0.2, -0.15) is 0 Å². The van der Waals surface area contributed by atoms with Gasteiger partial charge in [-0.3, -0.25) is 9.59 Å². The Morgan fingerprint density at radius 1 is 1.12 bits per heavy atom. The summed E-state index contributed by atoms with van der Waals surface area (Å²) in [6, 6.07) is 17.1. The van der Waals surface area contributed by atoms with E-state index in [1.54, 1.807) is 19.1 Å². The van der Waals surface area contributed by atoms with E-state index in [2.05, 4.69) is 5.32 Å². The van der Waals surface area contributed by atoms with Gasteiger partial charge in [0.05, 0.1) is 0 Å². The first-order chi connectivity index (χ1) is 12.0. The smallest absolute Gasteiger partial charge is 0.319 e. The van der Waals surface area contributed by atoms with Gasteiger partial charge in [0.15, 0.2) is 6.61 Å². The normalized spacial score (nSPS) is 11.6. The summed E-state index contributed by atoms with van der Waals surface area (Å²) in [5, 5.41) is 2.98. The molecule has 6 heteroatoms. The summed E-state index contributed by atoms with van der Waals surface area (Å²) in [7, 11) is 0. The number of benzene rings is 2. The Morgan fingerprint density at radius 2 is 1.80 bits per heavy atom. The number of carbonyl (C=O) groups excluding carboxylic acids is 2. The number of rotatable bonds is 8. The van der Waals surface area contributed by atoms with Gasteiger partial charge >= 0.3 is 5.97 Å². The van der Waals surface area contributed by atoms with Crippen molar-refractivity contribution < 1.29 is 14.3 Å². The molecule has 1 N–H and O–H groups in total. The van der Waals surface area contributed by atoms with Gasteiger partial charge in [0.25, 0.3) is 5.91 Å². The lowest BCUT2D eigenvalue weighted by molar-refractivity contribution is -0.147. The highest BCUT2D eigenvalue weighted by molar-refractivity contribution is 8.00. The van der Waals surface area contributed by atoms with E-state index in [0.717, 1.165) is 16.9 Å². The zero-order valence-corrected chi connectivity index (χ0v) is 15.5. The Morgan fingerprint density at radius 3 is 2.48 bits per heavy atom. The monoisotopic (exact) mass is 377 g/mol. The molecular formula is C19H20ClNO3S. The molecule has 0 unspecified atom stereocenters. The molecule has 0 saturated heterocycles. The highest BCUT2D eigenvalue weighted by atomic mass is 35.5. The number of halogens is 1. The van der Waals surface area contributed by atoms with Crippen molar-refractivity contribution >= 4 is 35.2 Å². The van der Waals surface area contributed by atoms with E-state index < -0.39 is 11.2 Å². The number of hydrogen-bond donors (Lipinski definition) is 1. The Labute approximate surface area is 156 Å². The van der Waals surface area contributed by atoms with E-state index >= 15 is 0 Å². The molecule has 132 valence electrons. The summed E-state index contributed by atoms with van der Waals surface area (Å²) in [5.41, 5.74) is 1.15. The van der Waals surface area contributed by atoms with Gasteiger partial charge < -0.3 is 10.1 Å². The minimum Gasteiger partial charge on any atom is -0.455 e. The van der Waals surface area contributed by atoms with Crippen LogP contribution in [0.1, 0.15) is 12.5 Å². The topological polar surface area (TPSA) is 55.4 Å². The lowest BCUT2D eigenvalue weighted by Crippen LogP contribution is -2.31. The average Bonchev–Trinajstić information content (AvgIpc) is 2.62. The second kappa shape index (κ2) is 10.1.